The maximum absolute atomic E-state index is 13.1. The van der Waals surface area contributed by atoms with E-state index in [-0.39, 0.29) is 17.4 Å². The van der Waals surface area contributed by atoms with Gasteiger partial charge in [-0.3, -0.25) is 9.59 Å². The van der Waals surface area contributed by atoms with E-state index in [0.29, 0.717) is 19.0 Å². The van der Waals surface area contributed by atoms with Crippen LogP contribution in [0.1, 0.15) is 62.5 Å². The van der Waals surface area contributed by atoms with Crippen LogP contribution in [0.25, 0.3) is 0 Å². The van der Waals surface area contributed by atoms with Crippen molar-refractivity contribution in [3.05, 3.63) is 24.0 Å². The van der Waals surface area contributed by atoms with Crippen LogP contribution in [-0.2, 0) is 4.79 Å². The Balaban J connectivity index is 1.49. The van der Waals surface area contributed by atoms with Crippen LogP contribution in [0.2, 0.25) is 0 Å². The van der Waals surface area contributed by atoms with E-state index in [1.165, 1.54) is 12.8 Å². The molecule has 2 saturated heterocycles. The summed E-state index contributed by atoms with van der Waals surface area (Å²) in [5, 5.41) is 0. The summed E-state index contributed by atoms with van der Waals surface area (Å²) in [4.78, 5) is 30.1. The number of hydrogen-bond donors (Lipinski definition) is 0. The maximum atomic E-state index is 13.1. The molecule has 3 fully saturated rings. The molecule has 0 N–H and O–H groups in total. The van der Waals surface area contributed by atoms with E-state index in [0.717, 1.165) is 44.0 Å². The zero-order valence-electron chi connectivity index (χ0n) is 15.4. The third-order valence-corrected chi connectivity index (χ3v) is 6.20. The second-order valence-corrected chi connectivity index (χ2v) is 8.45. The fourth-order valence-electron chi connectivity index (χ4n) is 4.55. The van der Waals surface area contributed by atoms with Gasteiger partial charge >= 0.3 is 0 Å². The second-order valence-electron chi connectivity index (χ2n) is 8.45. The molecule has 0 unspecified atom stereocenters. The van der Waals surface area contributed by atoms with Gasteiger partial charge in [-0.1, -0.05) is 0 Å². The van der Waals surface area contributed by atoms with Gasteiger partial charge in [0.2, 0.25) is 5.91 Å². The summed E-state index contributed by atoms with van der Waals surface area (Å²) in [6, 6.07) is 4.09. The molecule has 4 rings (SSSR count). The first-order chi connectivity index (χ1) is 12.0. The van der Waals surface area contributed by atoms with Crippen LogP contribution in [0.4, 0.5) is 0 Å². The Labute approximate surface area is 150 Å². The molecular weight excluding hydrogens is 314 g/mol. The van der Waals surface area contributed by atoms with E-state index in [1.807, 2.05) is 27.8 Å². The maximum Gasteiger partial charge on any atom is 0.270 e. The molecule has 0 radical (unpaired) electrons. The molecule has 0 aromatic carbocycles. The van der Waals surface area contributed by atoms with Crippen molar-refractivity contribution in [1.82, 2.24) is 14.4 Å². The fourth-order valence-corrected chi connectivity index (χ4v) is 4.55. The molecule has 1 spiro atoms. The molecular formula is C20H29N3O2. The lowest BCUT2D eigenvalue weighted by Gasteiger charge is -2.39. The van der Waals surface area contributed by atoms with E-state index in [2.05, 4.69) is 18.7 Å². The van der Waals surface area contributed by atoms with Gasteiger partial charge in [0.25, 0.3) is 5.91 Å². The molecule has 1 aliphatic carbocycles. The van der Waals surface area contributed by atoms with Crippen LogP contribution in [0.3, 0.4) is 0 Å². The molecule has 3 aliphatic rings. The molecule has 25 heavy (non-hydrogen) atoms. The van der Waals surface area contributed by atoms with Crippen molar-refractivity contribution in [3.63, 3.8) is 0 Å². The van der Waals surface area contributed by atoms with Gasteiger partial charge in [-0.15, -0.1) is 0 Å². The SMILES string of the molecule is CC(C)n1cccc1C(=O)N1CC[C@@]2(CCCN(CC3CC3)C2=O)C1. The Bertz CT molecular complexity index is 676. The van der Waals surface area contributed by atoms with Gasteiger partial charge in [0.05, 0.1) is 5.41 Å². The first kappa shape index (κ1) is 16.7. The molecule has 5 heteroatoms. The first-order valence-corrected chi connectivity index (χ1v) is 9.76. The highest BCUT2D eigenvalue weighted by Gasteiger charge is 2.50. The van der Waals surface area contributed by atoms with Crippen molar-refractivity contribution in [2.45, 2.75) is 52.0 Å². The van der Waals surface area contributed by atoms with Crippen molar-refractivity contribution in [2.24, 2.45) is 11.3 Å². The molecule has 136 valence electrons. The van der Waals surface area contributed by atoms with Crippen LogP contribution in [0, 0.1) is 11.3 Å². The summed E-state index contributed by atoms with van der Waals surface area (Å²) >= 11 is 0. The lowest BCUT2D eigenvalue weighted by Crippen LogP contribution is -2.51. The van der Waals surface area contributed by atoms with Gasteiger partial charge in [-0.25, -0.2) is 0 Å². The topological polar surface area (TPSA) is 45.6 Å². The molecule has 1 aromatic heterocycles. The van der Waals surface area contributed by atoms with Crippen molar-refractivity contribution in [1.29, 1.82) is 0 Å². The lowest BCUT2D eigenvalue weighted by atomic mass is 9.78. The summed E-state index contributed by atoms with van der Waals surface area (Å²) in [6.07, 6.45) is 7.33. The average Bonchev–Trinajstić information content (AvgIpc) is 3.11. The van der Waals surface area contributed by atoms with E-state index in [9.17, 15) is 9.59 Å². The summed E-state index contributed by atoms with van der Waals surface area (Å²) < 4.78 is 2.02. The van der Waals surface area contributed by atoms with Gasteiger partial charge in [-0.2, -0.15) is 0 Å². The molecule has 3 heterocycles. The number of amides is 2. The third-order valence-electron chi connectivity index (χ3n) is 6.20. The highest BCUT2D eigenvalue weighted by Crippen LogP contribution is 2.42. The van der Waals surface area contributed by atoms with Gasteiger partial charge in [-0.05, 0) is 64.0 Å². The Hall–Kier alpha value is -1.78. The smallest absolute Gasteiger partial charge is 0.270 e. The molecule has 2 aliphatic heterocycles. The number of hydrogen-bond acceptors (Lipinski definition) is 2. The fraction of sp³-hybridized carbons (Fsp3) is 0.700. The van der Waals surface area contributed by atoms with Gasteiger partial charge in [0.1, 0.15) is 5.69 Å². The second kappa shape index (κ2) is 6.19. The summed E-state index contributed by atoms with van der Waals surface area (Å²) in [7, 11) is 0. The van der Waals surface area contributed by atoms with E-state index >= 15 is 0 Å². The molecule has 1 saturated carbocycles. The molecule has 5 nitrogen and oxygen atoms in total. The van der Waals surface area contributed by atoms with Gasteiger partial charge in [0.15, 0.2) is 0 Å². The van der Waals surface area contributed by atoms with E-state index < -0.39 is 0 Å². The van der Waals surface area contributed by atoms with Crippen LogP contribution in [-0.4, -0.2) is 52.4 Å². The minimum absolute atomic E-state index is 0.0719. The number of rotatable bonds is 4. The van der Waals surface area contributed by atoms with Crippen molar-refractivity contribution < 1.29 is 9.59 Å². The number of aromatic nitrogens is 1. The summed E-state index contributed by atoms with van der Waals surface area (Å²) in [5.74, 6) is 1.11. The number of carbonyl (C=O) groups is 2. The molecule has 1 atom stereocenters. The van der Waals surface area contributed by atoms with Gasteiger partial charge < -0.3 is 14.4 Å². The monoisotopic (exact) mass is 343 g/mol. The molecule has 2 amide bonds. The van der Waals surface area contributed by atoms with Crippen LogP contribution in [0.15, 0.2) is 18.3 Å². The summed E-state index contributed by atoms with van der Waals surface area (Å²) in [5.41, 5.74) is 0.419. The Morgan fingerprint density at radius 1 is 1.28 bits per heavy atom. The Morgan fingerprint density at radius 3 is 2.80 bits per heavy atom. The quantitative estimate of drug-likeness (QED) is 0.844. The van der Waals surface area contributed by atoms with Crippen molar-refractivity contribution in [3.8, 4) is 0 Å². The van der Waals surface area contributed by atoms with E-state index in [4.69, 9.17) is 0 Å². The summed E-state index contributed by atoms with van der Waals surface area (Å²) in [6.45, 7) is 7.30. The average molecular weight is 343 g/mol. The minimum Gasteiger partial charge on any atom is -0.342 e. The predicted molar refractivity (Wildman–Crippen MR) is 96.3 cm³/mol. The zero-order valence-corrected chi connectivity index (χ0v) is 15.4. The molecule has 0 bridgehead atoms. The first-order valence-electron chi connectivity index (χ1n) is 9.76. The number of carbonyl (C=O) groups excluding carboxylic acids is 2. The van der Waals surface area contributed by atoms with Crippen LogP contribution < -0.4 is 0 Å². The zero-order chi connectivity index (χ0) is 17.6. The van der Waals surface area contributed by atoms with E-state index in [1.54, 1.807) is 0 Å². The highest BCUT2D eigenvalue weighted by molar-refractivity contribution is 5.94. The number of nitrogens with zero attached hydrogens (tertiary/aromatic N) is 3. The number of likely N-dealkylation sites (tertiary alicyclic amines) is 2. The van der Waals surface area contributed by atoms with Crippen LogP contribution in [0.5, 0.6) is 0 Å². The molecule has 1 aromatic rings. The predicted octanol–water partition coefficient (Wildman–Crippen LogP) is 2.93. The lowest BCUT2D eigenvalue weighted by molar-refractivity contribution is -0.145. The Kier molecular flexibility index (Phi) is 4.13. The Morgan fingerprint density at radius 2 is 2.08 bits per heavy atom. The standard InChI is InChI=1S/C20H29N3O2/c1-15(2)23-11-3-5-17(23)18(24)22-12-9-20(14-22)8-4-10-21(19(20)25)13-16-6-7-16/h3,5,11,15-16H,4,6-10,12-14H2,1-2H3/t20-/m0/s1. The van der Waals surface area contributed by atoms with Crippen molar-refractivity contribution in [2.75, 3.05) is 26.2 Å². The highest BCUT2D eigenvalue weighted by atomic mass is 16.2. The van der Waals surface area contributed by atoms with Gasteiger partial charge in [0, 0.05) is 38.4 Å². The van der Waals surface area contributed by atoms with Crippen LogP contribution >= 0.6 is 0 Å². The number of piperidine rings is 1. The minimum atomic E-state index is -0.321. The largest absolute Gasteiger partial charge is 0.342 e. The normalized spacial score (nSPS) is 26.9. The third kappa shape index (κ3) is 2.98. The van der Waals surface area contributed by atoms with Crippen molar-refractivity contribution >= 4 is 11.8 Å².